The quantitative estimate of drug-likeness (QED) is 0.618. The lowest BCUT2D eigenvalue weighted by Gasteiger charge is -2.15. The highest BCUT2D eigenvalue weighted by Gasteiger charge is 2.07. The Morgan fingerprint density at radius 3 is 2.76 bits per heavy atom. The van der Waals surface area contributed by atoms with Crippen LogP contribution in [-0.4, -0.2) is 6.54 Å². The predicted molar refractivity (Wildman–Crippen MR) is 73.8 cm³/mol. The molecule has 86 valence electrons. The lowest BCUT2D eigenvalue weighted by molar-refractivity contribution is 0.587. The van der Waals surface area contributed by atoms with Crippen LogP contribution in [0.15, 0.2) is 42.5 Å². The maximum absolute atomic E-state index is 5.25. The van der Waals surface area contributed by atoms with E-state index in [0.29, 0.717) is 6.04 Å². The second-order valence-electron chi connectivity index (χ2n) is 4.20. The molecule has 1 atom stereocenters. The van der Waals surface area contributed by atoms with Crippen molar-refractivity contribution in [1.29, 1.82) is 0 Å². The summed E-state index contributed by atoms with van der Waals surface area (Å²) in [4.78, 5) is 0. The highest BCUT2D eigenvalue weighted by atomic mass is 14.9. The third-order valence-electron chi connectivity index (χ3n) is 3.01. The van der Waals surface area contributed by atoms with Gasteiger partial charge in [-0.15, -0.1) is 12.3 Å². The first-order valence-electron chi connectivity index (χ1n) is 5.97. The summed E-state index contributed by atoms with van der Waals surface area (Å²) in [5.41, 5.74) is 1.33. The first-order valence-corrected chi connectivity index (χ1v) is 5.97. The molecule has 0 aliphatic rings. The van der Waals surface area contributed by atoms with Crippen LogP contribution in [0.2, 0.25) is 0 Å². The number of terminal acetylenes is 1. The Labute approximate surface area is 103 Å². The molecular weight excluding hydrogens is 206 g/mol. The maximum Gasteiger partial charge on any atom is 0.0298 e. The zero-order chi connectivity index (χ0) is 12.1. The number of hydrogen-bond acceptors (Lipinski definition) is 1. The van der Waals surface area contributed by atoms with Crippen molar-refractivity contribution < 1.29 is 0 Å². The molecule has 17 heavy (non-hydrogen) atoms. The molecule has 0 saturated carbocycles. The van der Waals surface area contributed by atoms with Crippen LogP contribution in [0, 0.1) is 12.3 Å². The molecule has 1 unspecified atom stereocenters. The van der Waals surface area contributed by atoms with Gasteiger partial charge in [0.15, 0.2) is 0 Å². The number of hydrogen-bond donors (Lipinski definition) is 1. The van der Waals surface area contributed by atoms with E-state index in [4.69, 9.17) is 6.42 Å². The van der Waals surface area contributed by atoms with E-state index >= 15 is 0 Å². The van der Waals surface area contributed by atoms with Crippen molar-refractivity contribution in [1.82, 2.24) is 5.32 Å². The van der Waals surface area contributed by atoms with Crippen LogP contribution in [0.25, 0.3) is 10.8 Å². The van der Waals surface area contributed by atoms with Crippen LogP contribution in [0.4, 0.5) is 0 Å². The van der Waals surface area contributed by atoms with Gasteiger partial charge >= 0.3 is 0 Å². The summed E-state index contributed by atoms with van der Waals surface area (Å²) in [6, 6.07) is 15.2. The number of rotatable bonds is 4. The van der Waals surface area contributed by atoms with E-state index in [1.54, 1.807) is 0 Å². The topological polar surface area (TPSA) is 12.0 Å². The molecule has 0 aliphatic heterocycles. The molecule has 2 aromatic rings. The zero-order valence-electron chi connectivity index (χ0n) is 10.1. The van der Waals surface area contributed by atoms with E-state index in [2.05, 4.69) is 60.6 Å². The highest BCUT2D eigenvalue weighted by molar-refractivity contribution is 5.86. The minimum Gasteiger partial charge on any atom is -0.309 e. The largest absolute Gasteiger partial charge is 0.309 e. The molecule has 0 heterocycles. The van der Waals surface area contributed by atoms with E-state index in [9.17, 15) is 0 Å². The van der Waals surface area contributed by atoms with Crippen molar-refractivity contribution in [3.05, 3.63) is 48.0 Å². The van der Waals surface area contributed by atoms with Crippen LogP contribution in [-0.2, 0) is 0 Å². The van der Waals surface area contributed by atoms with Crippen LogP contribution in [0.1, 0.15) is 24.9 Å². The van der Waals surface area contributed by atoms with Gasteiger partial charge in [0.25, 0.3) is 0 Å². The monoisotopic (exact) mass is 223 g/mol. The standard InChI is InChI=1S/C16H17N/c1-3-4-12-17-13(2)15-11-7-9-14-8-5-6-10-16(14)15/h1,5-11,13,17H,4,12H2,2H3. The molecule has 0 radical (unpaired) electrons. The van der Waals surface area contributed by atoms with Crippen molar-refractivity contribution in [2.24, 2.45) is 0 Å². The fourth-order valence-electron chi connectivity index (χ4n) is 2.10. The molecule has 0 amide bonds. The fourth-order valence-corrected chi connectivity index (χ4v) is 2.10. The van der Waals surface area contributed by atoms with Crippen molar-refractivity contribution in [2.45, 2.75) is 19.4 Å². The molecule has 0 aliphatic carbocycles. The van der Waals surface area contributed by atoms with Crippen LogP contribution in [0.5, 0.6) is 0 Å². The predicted octanol–water partition coefficient (Wildman–Crippen LogP) is 3.51. The Morgan fingerprint density at radius 2 is 1.94 bits per heavy atom. The van der Waals surface area contributed by atoms with E-state index < -0.39 is 0 Å². The minimum absolute atomic E-state index is 0.328. The lowest BCUT2D eigenvalue weighted by atomic mass is 10.00. The average molecular weight is 223 g/mol. The Balaban J connectivity index is 2.26. The van der Waals surface area contributed by atoms with Gasteiger partial charge in [-0.3, -0.25) is 0 Å². The van der Waals surface area contributed by atoms with E-state index in [1.807, 2.05) is 0 Å². The van der Waals surface area contributed by atoms with Crippen LogP contribution in [0.3, 0.4) is 0 Å². The summed E-state index contributed by atoms with van der Waals surface area (Å²) in [5, 5.41) is 6.05. The second-order valence-corrected chi connectivity index (χ2v) is 4.20. The fraction of sp³-hybridized carbons (Fsp3) is 0.250. The molecule has 0 aromatic heterocycles. The minimum atomic E-state index is 0.328. The van der Waals surface area contributed by atoms with Gasteiger partial charge in [0.05, 0.1) is 0 Å². The summed E-state index contributed by atoms with van der Waals surface area (Å²) < 4.78 is 0. The molecule has 1 N–H and O–H groups in total. The smallest absolute Gasteiger partial charge is 0.0298 e. The van der Waals surface area contributed by atoms with E-state index in [-0.39, 0.29) is 0 Å². The molecule has 0 fully saturated rings. The van der Waals surface area contributed by atoms with Crippen molar-refractivity contribution in [2.75, 3.05) is 6.54 Å². The maximum atomic E-state index is 5.25. The first-order chi connectivity index (χ1) is 8.33. The summed E-state index contributed by atoms with van der Waals surface area (Å²) in [5.74, 6) is 2.65. The Morgan fingerprint density at radius 1 is 1.18 bits per heavy atom. The molecule has 0 spiro atoms. The number of fused-ring (bicyclic) bond motifs is 1. The summed E-state index contributed by atoms with van der Waals surface area (Å²) in [6.45, 7) is 3.04. The molecule has 2 rings (SSSR count). The summed E-state index contributed by atoms with van der Waals surface area (Å²) in [6.07, 6.45) is 6.03. The normalized spacial score (nSPS) is 12.2. The van der Waals surface area contributed by atoms with E-state index in [0.717, 1.165) is 13.0 Å². The lowest BCUT2D eigenvalue weighted by Crippen LogP contribution is -2.19. The highest BCUT2D eigenvalue weighted by Crippen LogP contribution is 2.23. The molecule has 0 saturated heterocycles. The van der Waals surface area contributed by atoms with Gasteiger partial charge in [0, 0.05) is 19.0 Å². The summed E-state index contributed by atoms with van der Waals surface area (Å²) in [7, 11) is 0. The van der Waals surface area contributed by atoms with Crippen LogP contribution < -0.4 is 5.32 Å². The molecule has 2 aromatic carbocycles. The van der Waals surface area contributed by atoms with Crippen molar-refractivity contribution in [3.8, 4) is 12.3 Å². The number of nitrogens with one attached hydrogen (secondary N) is 1. The average Bonchev–Trinajstić information content (AvgIpc) is 2.38. The van der Waals surface area contributed by atoms with Gasteiger partial charge in [-0.25, -0.2) is 0 Å². The Bertz CT molecular complexity index is 531. The van der Waals surface area contributed by atoms with Crippen molar-refractivity contribution in [3.63, 3.8) is 0 Å². The van der Waals surface area contributed by atoms with E-state index in [1.165, 1.54) is 16.3 Å². The van der Waals surface area contributed by atoms with Crippen LogP contribution >= 0.6 is 0 Å². The van der Waals surface area contributed by atoms with Gasteiger partial charge in [-0.05, 0) is 23.3 Å². The third-order valence-corrected chi connectivity index (χ3v) is 3.01. The first kappa shape index (κ1) is 11.7. The third kappa shape index (κ3) is 2.67. The Hall–Kier alpha value is -1.78. The van der Waals surface area contributed by atoms with Gasteiger partial charge in [-0.2, -0.15) is 0 Å². The van der Waals surface area contributed by atoms with Gasteiger partial charge in [0.2, 0.25) is 0 Å². The molecule has 1 heteroatoms. The number of benzene rings is 2. The Kier molecular flexibility index (Phi) is 3.80. The zero-order valence-corrected chi connectivity index (χ0v) is 10.1. The second kappa shape index (κ2) is 5.52. The molecule has 1 nitrogen and oxygen atoms in total. The van der Waals surface area contributed by atoms with Gasteiger partial charge in [-0.1, -0.05) is 42.5 Å². The van der Waals surface area contributed by atoms with Crippen molar-refractivity contribution >= 4 is 10.8 Å². The summed E-state index contributed by atoms with van der Waals surface area (Å²) >= 11 is 0. The SMILES string of the molecule is C#CCCNC(C)c1cccc2ccccc12. The molecule has 0 bridgehead atoms. The molecular formula is C16H17N. The van der Waals surface area contributed by atoms with Gasteiger partial charge < -0.3 is 5.32 Å². The van der Waals surface area contributed by atoms with Gasteiger partial charge in [0.1, 0.15) is 0 Å².